The quantitative estimate of drug-likeness (QED) is 0.162. The molecule has 0 saturated heterocycles. The summed E-state index contributed by atoms with van der Waals surface area (Å²) in [4.78, 5) is 2.55. The molecular weight excluding hydrogens is 759 g/mol. The van der Waals surface area contributed by atoms with Crippen molar-refractivity contribution < 1.29 is 0 Å². The fraction of sp³-hybridized carbons (Fsp3) is 0.129. The van der Waals surface area contributed by atoms with E-state index in [1.54, 1.807) is 0 Å². The number of benzene rings is 9. The second-order valence-corrected chi connectivity index (χ2v) is 19.0. The predicted octanol–water partition coefficient (Wildman–Crippen LogP) is 16.4. The van der Waals surface area contributed by atoms with Crippen molar-refractivity contribution in [2.75, 3.05) is 4.90 Å². The molecule has 1 heteroatoms. The van der Waals surface area contributed by atoms with Crippen molar-refractivity contribution in [2.24, 2.45) is 0 Å². The summed E-state index contributed by atoms with van der Waals surface area (Å²) < 4.78 is 0. The zero-order valence-corrected chi connectivity index (χ0v) is 36.6. The average Bonchev–Trinajstić information content (AvgIpc) is 3.83. The largest absolute Gasteiger partial charge is 0.309 e. The molecule has 0 fully saturated rings. The van der Waals surface area contributed by atoms with Crippen LogP contribution >= 0.6 is 0 Å². The maximum Gasteiger partial charge on any atom is 0.0540 e. The van der Waals surface area contributed by atoms with Gasteiger partial charge in [0.15, 0.2) is 0 Å². The Hall–Kier alpha value is -7.22. The SMILES string of the molecule is CC1(C)c2ccccc2-c2ccc(-c3ccccc3N(c3ccc4c(c3)-c3ccccc3C4(C)c3ccccc3)c3ccccc3-c3cccc4c3-c3ccccc3C4(C)C)cc21. The Morgan fingerprint density at radius 3 is 1.52 bits per heavy atom. The van der Waals surface area contributed by atoms with Gasteiger partial charge in [-0.05, 0) is 121 Å². The van der Waals surface area contributed by atoms with Gasteiger partial charge in [0, 0.05) is 33.1 Å². The molecule has 1 nitrogen and oxygen atoms in total. The molecule has 0 radical (unpaired) electrons. The van der Waals surface area contributed by atoms with Gasteiger partial charge in [0.25, 0.3) is 0 Å². The maximum atomic E-state index is 2.55. The van der Waals surface area contributed by atoms with Crippen molar-refractivity contribution in [3.05, 3.63) is 245 Å². The third kappa shape index (κ3) is 5.29. The highest BCUT2D eigenvalue weighted by molar-refractivity contribution is 6.01. The van der Waals surface area contributed by atoms with Crippen molar-refractivity contribution in [2.45, 2.75) is 50.9 Å². The summed E-state index contributed by atoms with van der Waals surface area (Å²) in [5.74, 6) is 0. The first kappa shape index (κ1) is 37.5. The Morgan fingerprint density at radius 2 is 0.794 bits per heavy atom. The maximum absolute atomic E-state index is 2.55. The molecule has 3 aliphatic rings. The zero-order valence-electron chi connectivity index (χ0n) is 36.6. The van der Waals surface area contributed by atoms with Gasteiger partial charge in [0.1, 0.15) is 0 Å². The standard InChI is InChI=1S/C62H49N/c1-60(2)52-29-15-11-26-49(52)59-48(27-19-31-55(59)60)47-25-13-18-33-58(47)63(42-35-37-54-50(39-42)45-24-10-16-30-53(45)62(54,5)41-20-7-6-8-21-41)57-32-17-12-22-43(57)40-34-36-46-44-23-9-14-28-51(44)61(3,4)56(46)38-40/h6-39H,1-5H3. The van der Waals surface area contributed by atoms with Gasteiger partial charge in [-0.1, -0.05) is 204 Å². The molecule has 0 aliphatic heterocycles. The van der Waals surface area contributed by atoms with Crippen LogP contribution in [0.2, 0.25) is 0 Å². The molecule has 0 heterocycles. The van der Waals surface area contributed by atoms with Gasteiger partial charge < -0.3 is 4.90 Å². The van der Waals surface area contributed by atoms with Crippen LogP contribution in [0, 0.1) is 0 Å². The van der Waals surface area contributed by atoms with Crippen molar-refractivity contribution in [1.29, 1.82) is 0 Å². The van der Waals surface area contributed by atoms with Crippen LogP contribution in [0.4, 0.5) is 17.1 Å². The van der Waals surface area contributed by atoms with Gasteiger partial charge in [-0.2, -0.15) is 0 Å². The monoisotopic (exact) mass is 807 g/mol. The fourth-order valence-corrected chi connectivity index (χ4v) is 11.8. The molecule has 63 heavy (non-hydrogen) atoms. The van der Waals surface area contributed by atoms with Gasteiger partial charge >= 0.3 is 0 Å². The van der Waals surface area contributed by atoms with Gasteiger partial charge in [-0.3, -0.25) is 0 Å². The molecule has 9 aromatic carbocycles. The van der Waals surface area contributed by atoms with Crippen LogP contribution in [0.1, 0.15) is 73.6 Å². The highest BCUT2D eigenvalue weighted by Gasteiger charge is 2.42. The second kappa shape index (κ2) is 13.6. The molecule has 3 aliphatic carbocycles. The van der Waals surface area contributed by atoms with E-state index in [1.807, 2.05) is 0 Å². The molecule has 0 bridgehead atoms. The van der Waals surface area contributed by atoms with Crippen molar-refractivity contribution in [1.82, 2.24) is 0 Å². The first-order valence-corrected chi connectivity index (χ1v) is 22.4. The van der Waals surface area contributed by atoms with Gasteiger partial charge in [-0.15, -0.1) is 0 Å². The normalized spacial score (nSPS) is 16.7. The van der Waals surface area contributed by atoms with E-state index in [9.17, 15) is 0 Å². The molecule has 0 saturated carbocycles. The highest BCUT2D eigenvalue weighted by atomic mass is 15.1. The van der Waals surface area contributed by atoms with Crippen molar-refractivity contribution in [3.8, 4) is 55.6 Å². The zero-order chi connectivity index (χ0) is 42.7. The Bertz CT molecular complexity index is 3310. The summed E-state index contributed by atoms with van der Waals surface area (Å²) in [6.07, 6.45) is 0. The second-order valence-electron chi connectivity index (χ2n) is 19.0. The van der Waals surface area contributed by atoms with Crippen LogP contribution in [0.5, 0.6) is 0 Å². The van der Waals surface area contributed by atoms with E-state index in [1.165, 1.54) is 94.6 Å². The summed E-state index contributed by atoms with van der Waals surface area (Å²) in [7, 11) is 0. The third-order valence-corrected chi connectivity index (χ3v) is 15.0. The lowest BCUT2D eigenvalue weighted by Crippen LogP contribution is -2.22. The predicted molar refractivity (Wildman–Crippen MR) is 265 cm³/mol. The third-order valence-electron chi connectivity index (χ3n) is 15.0. The van der Waals surface area contributed by atoms with E-state index in [4.69, 9.17) is 0 Å². The molecule has 0 N–H and O–H groups in total. The topological polar surface area (TPSA) is 3.24 Å². The van der Waals surface area contributed by atoms with Crippen molar-refractivity contribution in [3.63, 3.8) is 0 Å². The van der Waals surface area contributed by atoms with Crippen LogP contribution < -0.4 is 4.90 Å². The van der Waals surface area contributed by atoms with E-state index in [0.29, 0.717) is 0 Å². The summed E-state index contributed by atoms with van der Waals surface area (Å²) >= 11 is 0. The Kier molecular flexibility index (Phi) is 8.13. The van der Waals surface area contributed by atoms with Crippen LogP contribution in [0.15, 0.2) is 206 Å². The molecule has 1 unspecified atom stereocenters. The fourth-order valence-electron chi connectivity index (χ4n) is 11.8. The smallest absolute Gasteiger partial charge is 0.0540 e. The number of hydrogen-bond acceptors (Lipinski definition) is 1. The average molecular weight is 808 g/mol. The Labute approximate surface area is 372 Å². The van der Waals surface area contributed by atoms with E-state index >= 15 is 0 Å². The number of fused-ring (bicyclic) bond motifs is 9. The first-order chi connectivity index (χ1) is 30.7. The number of hydrogen-bond donors (Lipinski definition) is 0. The summed E-state index contributed by atoms with van der Waals surface area (Å²) in [6.45, 7) is 11.9. The lowest BCUT2D eigenvalue weighted by molar-refractivity contribution is 0.660. The molecule has 12 rings (SSSR count). The lowest BCUT2D eigenvalue weighted by atomic mass is 9.74. The van der Waals surface area contributed by atoms with Crippen LogP contribution in [-0.2, 0) is 16.2 Å². The van der Waals surface area contributed by atoms with Crippen LogP contribution in [0.3, 0.4) is 0 Å². The first-order valence-electron chi connectivity index (χ1n) is 22.4. The summed E-state index contributed by atoms with van der Waals surface area (Å²) in [6, 6.07) is 77.5. The van der Waals surface area contributed by atoms with Crippen LogP contribution in [-0.4, -0.2) is 0 Å². The number of para-hydroxylation sites is 2. The molecule has 0 spiro atoms. The van der Waals surface area contributed by atoms with E-state index in [-0.39, 0.29) is 16.2 Å². The van der Waals surface area contributed by atoms with Gasteiger partial charge in [0.05, 0.1) is 11.4 Å². The molecular formula is C62H49N. The molecule has 1 atom stereocenters. The van der Waals surface area contributed by atoms with Gasteiger partial charge in [0.2, 0.25) is 0 Å². The number of anilines is 3. The minimum Gasteiger partial charge on any atom is -0.309 e. The van der Waals surface area contributed by atoms with Gasteiger partial charge in [-0.25, -0.2) is 0 Å². The van der Waals surface area contributed by atoms with E-state index in [0.717, 1.165) is 17.1 Å². The lowest BCUT2D eigenvalue weighted by Gasteiger charge is -2.32. The Morgan fingerprint density at radius 1 is 0.302 bits per heavy atom. The van der Waals surface area contributed by atoms with Crippen LogP contribution in [0.25, 0.3) is 55.6 Å². The minimum absolute atomic E-state index is 0.108. The Balaban J connectivity index is 1.11. The van der Waals surface area contributed by atoms with E-state index < -0.39 is 0 Å². The van der Waals surface area contributed by atoms with E-state index in [2.05, 4.69) is 246 Å². The minimum atomic E-state index is -0.286. The number of nitrogens with zero attached hydrogens (tertiary/aromatic N) is 1. The number of rotatable bonds is 6. The molecule has 302 valence electrons. The highest BCUT2D eigenvalue weighted by Crippen LogP contribution is 2.57. The molecule has 0 aromatic heterocycles. The molecule has 0 amide bonds. The summed E-state index contributed by atoms with van der Waals surface area (Å²) in [5.41, 5.74) is 25.2. The summed E-state index contributed by atoms with van der Waals surface area (Å²) in [5, 5.41) is 0. The van der Waals surface area contributed by atoms with Crippen molar-refractivity contribution >= 4 is 17.1 Å². The molecule has 9 aromatic rings.